The van der Waals surface area contributed by atoms with Gasteiger partial charge in [-0.15, -0.1) is 0 Å². The van der Waals surface area contributed by atoms with Crippen LogP contribution in [0.15, 0.2) is 34.7 Å². The van der Waals surface area contributed by atoms with Gasteiger partial charge in [0, 0.05) is 22.7 Å². The van der Waals surface area contributed by atoms with Crippen LogP contribution in [0, 0.1) is 11.8 Å². The standard InChI is InChI=1S/C26H31NO5/c1-15(2)27(25(29)18-8-5-16(3)6-9-18)22-12-20-19-11-17(14-28)7-10-23(19)32-24(20)13-21(22)26(30)31-4/h7,10-13,15-16,18,28H,5-6,8-9,14H2,1-4H3. The second kappa shape index (κ2) is 8.94. The number of ether oxygens (including phenoxy) is 1. The van der Waals surface area contributed by atoms with Crippen molar-refractivity contribution in [2.75, 3.05) is 12.0 Å². The Hall–Kier alpha value is -2.86. The van der Waals surface area contributed by atoms with Crippen LogP contribution in [0.2, 0.25) is 0 Å². The number of fused-ring (bicyclic) bond motifs is 3. The predicted molar refractivity (Wildman–Crippen MR) is 125 cm³/mol. The minimum atomic E-state index is -0.505. The topological polar surface area (TPSA) is 80.0 Å². The number of hydrogen-bond donors (Lipinski definition) is 1. The summed E-state index contributed by atoms with van der Waals surface area (Å²) in [6.07, 6.45) is 3.82. The van der Waals surface area contributed by atoms with Gasteiger partial charge in [-0.2, -0.15) is 0 Å². The molecule has 0 spiro atoms. The van der Waals surface area contributed by atoms with Crippen molar-refractivity contribution in [2.24, 2.45) is 11.8 Å². The minimum Gasteiger partial charge on any atom is -0.465 e. The summed E-state index contributed by atoms with van der Waals surface area (Å²) >= 11 is 0. The van der Waals surface area contributed by atoms with Crippen molar-refractivity contribution in [3.63, 3.8) is 0 Å². The largest absolute Gasteiger partial charge is 0.465 e. The lowest BCUT2D eigenvalue weighted by atomic mass is 9.82. The lowest BCUT2D eigenvalue weighted by Crippen LogP contribution is -2.43. The molecule has 32 heavy (non-hydrogen) atoms. The Morgan fingerprint density at radius 2 is 1.78 bits per heavy atom. The fourth-order valence-electron chi connectivity index (χ4n) is 4.78. The van der Waals surface area contributed by atoms with Crippen LogP contribution in [0.1, 0.15) is 62.4 Å². The zero-order valence-corrected chi connectivity index (χ0v) is 19.2. The van der Waals surface area contributed by atoms with Crippen molar-refractivity contribution in [2.45, 2.75) is 59.1 Å². The van der Waals surface area contributed by atoms with Gasteiger partial charge in [0.15, 0.2) is 0 Å². The van der Waals surface area contributed by atoms with E-state index in [-0.39, 0.29) is 24.5 Å². The fourth-order valence-corrected chi connectivity index (χ4v) is 4.78. The molecule has 1 fully saturated rings. The summed E-state index contributed by atoms with van der Waals surface area (Å²) < 4.78 is 11.0. The molecule has 2 aromatic carbocycles. The Kier molecular flexibility index (Phi) is 6.24. The van der Waals surface area contributed by atoms with E-state index in [1.54, 1.807) is 17.0 Å². The highest BCUT2D eigenvalue weighted by Crippen LogP contribution is 2.38. The smallest absolute Gasteiger partial charge is 0.340 e. The number of furan rings is 1. The number of amides is 1. The monoisotopic (exact) mass is 437 g/mol. The second-order valence-electron chi connectivity index (χ2n) is 9.21. The van der Waals surface area contributed by atoms with Gasteiger partial charge in [0.25, 0.3) is 0 Å². The number of esters is 1. The average molecular weight is 438 g/mol. The van der Waals surface area contributed by atoms with Crippen LogP contribution in [0.4, 0.5) is 5.69 Å². The van der Waals surface area contributed by atoms with E-state index >= 15 is 0 Å². The number of aliphatic hydroxyl groups excluding tert-OH is 1. The highest BCUT2D eigenvalue weighted by atomic mass is 16.5. The van der Waals surface area contributed by atoms with Crippen LogP contribution >= 0.6 is 0 Å². The third-order valence-corrected chi connectivity index (χ3v) is 6.62. The van der Waals surface area contributed by atoms with E-state index in [0.29, 0.717) is 28.3 Å². The molecule has 6 heteroatoms. The van der Waals surface area contributed by atoms with E-state index in [2.05, 4.69) is 6.92 Å². The predicted octanol–water partition coefficient (Wildman–Crippen LogP) is 5.43. The van der Waals surface area contributed by atoms with Gasteiger partial charge in [-0.1, -0.05) is 13.0 Å². The van der Waals surface area contributed by atoms with E-state index in [1.807, 2.05) is 32.0 Å². The molecular weight excluding hydrogens is 406 g/mol. The van der Waals surface area contributed by atoms with Crippen molar-refractivity contribution in [3.05, 3.63) is 41.5 Å². The Morgan fingerprint density at radius 1 is 1.09 bits per heavy atom. The molecule has 1 aliphatic carbocycles. The Bertz CT molecular complexity index is 1150. The number of carbonyl (C=O) groups is 2. The van der Waals surface area contributed by atoms with Gasteiger partial charge in [0.05, 0.1) is 25.0 Å². The second-order valence-corrected chi connectivity index (χ2v) is 9.21. The van der Waals surface area contributed by atoms with E-state index in [0.717, 1.165) is 42.0 Å². The first-order valence-corrected chi connectivity index (χ1v) is 11.4. The van der Waals surface area contributed by atoms with Crippen LogP contribution in [0.3, 0.4) is 0 Å². The van der Waals surface area contributed by atoms with Crippen LogP contribution in [-0.4, -0.2) is 30.1 Å². The summed E-state index contributed by atoms with van der Waals surface area (Å²) in [7, 11) is 1.34. The first-order chi connectivity index (χ1) is 15.3. The maximum absolute atomic E-state index is 13.7. The van der Waals surface area contributed by atoms with E-state index in [9.17, 15) is 14.7 Å². The Balaban J connectivity index is 1.89. The van der Waals surface area contributed by atoms with Crippen molar-refractivity contribution in [3.8, 4) is 0 Å². The summed E-state index contributed by atoms with van der Waals surface area (Å²) in [5, 5.41) is 11.2. The molecule has 4 rings (SSSR count). The van der Waals surface area contributed by atoms with Gasteiger partial charge in [-0.25, -0.2) is 4.79 Å². The number of carbonyl (C=O) groups excluding carboxylic acids is 2. The number of nitrogens with zero attached hydrogens (tertiary/aromatic N) is 1. The SMILES string of the molecule is COC(=O)c1cc2oc3ccc(CO)cc3c2cc1N(C(=O)C1CCC(C)CC1)C(C)C. The van der Waals surface area contributed by atoms with Gasteiger partial charge in [-0.05, 0) is 75.3 Å². The van der Waals surface area contributed by atoms with Gasteiger partial charge < -0.3 is 19.2 Å². The number of anilines is 1. The van der Waals surface area contributed by atoms with Crippen LogP contribution in [0.5, 0.6) is 0 Å². The molecule has 1 N–H and O–H groups in total. The summed E-state index contributed by atoms with van der Waals surface area (Å²) in [6, 6.07) is 8.90. The maximum Gasteiger partial charge on any atom is 0.340 e. The maximum atomic E-state index is 13.7. The lowest BCUT2D eigenvalue weighted by Gasteiger charge is -2.34. The molecule has 1 saturated carbocycles. The first kappa shape index (κ1) is 22.3. The van der Waals surface area contributed by atoms with E-state index in [4.69, 9.17) is 9.15 Å². The highest BCUT2D eigenvalue weighted by Gasteiger charge is 2.33. The molecule has 0 saturated heterocycles. The third-order valence-electron chi connectivity index (χ3n) is 6.62. The Morgan fingerprint density at radius 3 is 2.41 bits per heavy atom. The molecule has 0 unspecified atom stereocenters. The number of rotatable bonds is 5. The van der Waals surface area contributed by atoms with Gasteiger partial charge in [0.2, 0.25) is 5.91 Å². The lowest BCUT2D eigenvalue weighted by molar-refractivity contribution is -0.123. The van der Waals surface area contributed by atoms with Crippen LogP contribution < -0.4 is 4.90 Å². The van der Waals surface area contributed by atoms with Crippen LogP contribution in [0.25, 0.3) is 21.9 Å². The number of hydrogen-bond acceptors (Lipinski definition) is 5. The van der Waals surface area contributed by atoms with Gasteiger partial charge in [0.1, 0.15) is 11.2 Å². The fraction of sp³-hybridized carbons (Fsp3) is 0.462. The Labute approximate surface area is 188 Å². The molecule has 1 amide bonds. The summed E-state index contributed by atoms with van der Waals surface area (Å²) in [6.45, 7) is 6.08. The van der Waals surface area contributed by atoms with Crippen molar-refractivity contribution < 1.29 is 23.8 Å². The highest BCUT2D eigenvalue weighted by molar-refractivity contribution is 6.12. The molecule has 0 radical (unpaired) electrons. The minimum absolute atomic E-state index is 0.0446. The molecule has 3 aromatic rings. The molecule has 1 heterocycles. The van der Waals surface area contributed by atoms with E-state index in [1.165, 1.54) is 7.11 Å². The number of aliphatic hydroxyl groups is 1. The molecule has 1 aromatic heterocycles. The summed E-state index contributed by atoms with van der Waals surface area (Å²) in [5.74, 6) is 0.151. The average Bonchev–Trinajstić information content (AvgIpc) is 3.15. The molecule has 170 valence electrons. The van der Waals surface area contributed by atoms with Gasteiger partial charge in [-0.3, -0.25) is 4.79 Å². The molecule has 6 nitrogen and oxygen atoms in total. The molecule has 1 aliphatic rings. The molecule has 0 bridgehead atoms. The summed E-state index contributed by atoms with van der Waals surface area (Å²) in [5.41, 5.74) is 2.83. The zero-order chi connectivity index (χ0) is 23.0. The van der Waals surface area contributed by atoms with Crippen LogP contribution in [-0.2, 0) is 16.1 Å². The third kappa shape index (κ3) is 3.99. The van der Waals surface area contributed by atoms with Crippen molar-refractivity contribution in [1.82, 2.24) is 0 Å². The number of benzene rings is 2. The molecular formula is C26H31NO5. The van der Waals surface area contributed by atoms with Crippen molar-refractivity contribution >= 4 is 39.5 Å². The zero-order valence-electron chi connectivity index (χ0n) is 19.2. The normalized spacial score (nSPS) is 18.9. The molecule has 0 atom stereocenters. The van der Waals surface area contributed by atoms with Gasteiger partial charge >= 0.3 is 5.97 Å². The first-order valence-electron chi connectivity index (χ1n) is 11.4. The molecule has 0 aliphatic heterocycles. The van der Waals surface area contributed by atoms with E-state index < -0.39 is 5.97 Å². The quantitative estimate of drug-likeness (QED) is 0.538. The summed E-state index contributed by atoms with van der Waals surface area (Å²) in [4.78, 5) is 28.1. The van der Waals surface area contributed by atoms with Crippen molar-refractivity contribution in [1.29, 1.82) is 0 Å². The number of methoxy groups -OCH3 is 1.